The van der Waals surface area contributed by atoms with Crippen LogP contribution in [0.5, 0.6) is 5.88 Å². The summed E-state index contributed by atoms with van der Waals surface area (Å²) in [7, 11) is 1.62. The third kappa shape index (κ3) is 3.54. The summed E-state index contributed by atoms with van der Waals surface area (Å²) in [4.78, 5) is 4.19. The largest absolute Gasteiger partial charge is 0.481 e. The average Bonchev–Trinajstić information content (AvgIpc) is 2.94. The third-order valence-corrected chi connectivity index (χ3v) is 3.10. The van der Waals surface area contributed by atoms with Crippen molar-refractivity contribution in [2.75, 3.05) is 7.11 Å². The van der Waals surface area contributed by atoms with Crippen LogP contribution in [0.25, 0.3) is 0 Å². The second kappa shape index (κ2) is 6.33. The Morgan fingerprint density at radius 3 is 2.79 bits per heavy atom. The van der Waals surface area contributed by atoms with Crippen LogP contribution in [0.1, 0.15) is 31.0 Å². The number of hydrogen-bond acceptors (Lipinski definition) is 4. The summed E-state index contributed by atoms with van der Waals surface area (Å²) in [6, 6.07) is 4.15. The molecule has 2 aromatic heterocycles. The van der Waals surface area contributed by atoms with E-state index in [0.29, 0.717) is 5.88 Å². The molecule has 0 aliphatic rings. The Labute approximate surface area is 113 Å². The maximum atomic E-state index is 5.04. The second-order valence-corrected chi connectivity index (χ2v) is 4.44. The standard InChI is InChI=1S/C14H20N4O/c1-4-18-10-13(9-17-18)11(2)15-7-12-5-6-14(19-3)16-8-12/h5-6,8-11,15H,4,7H2,1-3H3. The molecule has 0 fully saturated rings. The summed E-state index contributed by atoms with van der Waals surface area (Å²) in [6.45, 7) is 5.89. The Balaban J connectivity index is 1.90. The third-order valence-electron chi connectivity index (χ3n) is 3.10. The fraction of sp³-hybridized carbons (Fsp3) is 0.429. The van der Waals surface area contributed by atoms with Crippen molar-refractivity contribution in [3.05, 3.63) is 41.9 Å². The van der Waals surface area contributed by atoms with Crippen molar-refractivity contribution >= 4 is 0 Å². The highest BCUT2D eigenvalue weighted by atomic mass is 16.5. The molecule has 0 saturated heterocycles. The van der Waals surface area contributed by atoms with Crippen molar-refractivity contribution in [2.24, 2.45) is 0 Å². The number of ether oxygens (including phenoxy) is 1. The van der Waals surface area contributed by atoms with E-state index in [1.165, 1.54) is 5.56 Å². The van der Waals surface area contributed by atoms with Gasteiger partial charge in [0.15, 0.2) is 0 Å². The normalized spacial score (nSPS) is 12.4. The van der Waals surface area contributed by atoms with Gasteiger partial charge in [0.25, 0.3) is 0 Å². The fourth-order valence-corrected chi connectivity index (χ4v) is 1.80. The van der Waals surface area contributed by atoms with E-state index in [2.05, 4.69) is 35.4 Å². The monoisotopic (exact) mass is 260 g/mol. The Morgan fingerprint density at radius 1 is 1.37 bits per heavy atom. The van der Waals surface area contributed by atoms with Crippen LogP contribution in [0, 0.1) is 0 Å². The minimum absolute atomic E-state index is 0.266. The van der Waals surface area contributed by atoms with E-state index in [1.54, 1.807) is 7.11 Å². The number of nitrogens with one attached hydrogen (secondary N) is 1. The molecule has 5 nitrogen and oxygen atoms in total. The predicted molar refractivity (Wildman–Crippen MR) is 73.9 cm³/mol. The first-order valence-electron chi connectivity index (χ1n) is 6.47. The number of rotatable bonds is 6. The maximum Gasteiger partial charge on any atom is 0.212 e. The van der Waals surface area contributed by atoms with E-state index in [4.69, 9.17) is 4.74 Å². The molecule has 0 aliphatic carbocycles. The lowest BCUT2D eigenvalue weighted by Gasteiger charge is -2.12. The van der Waals surface area contributed by atoms with Crippen molar-refractivity contribution in [1.82, 2.24) is 20.1 Å². The molecule has 0 bridgehead atoms. The summed E-state index contributed by atoms with van der Waals surface area (Å²) in [5.41, 5.74) is 2.33. The van der Waals surface area contributed by atoms with Gasteiger partial charge in [0, 0.05) is 43.2 Å². The zero-order chi connectivity index (χ0) is 13.7. The van der Waals surface area contributed by atoms with Crippen molar-refractivity contribution in [3.63, 3.8) is 0 Å². The lowest BCUT2D eigenvalue weighted by Crippen LogP contribution is -2.17. The molecule has 1 N–H and O–H groups in total. The van der Waals surface area contributed by atoms with Gasteiger partial charge < -0.3 is 10.1 Å². The van der Waals surface area contributed by atoms with Gasteiger partial charge in [-0.25, -0.2) is 4.98 Å². The second-order valence-electron chi connectivity index (χ2n) is 4.44. The van der Waals surface area contributed by atoms with Gasteiger partial charge in [0.05, 0.1) is 13.3 Å². The van der Waals surface area contributed by atoms with E-state index in [-0.39, 0.29) is 6.04 Å². The number of aromatic nitrogens is 3. The molecule has 0 radical (unpaired) electrons. The predicted octanol–water partition coefficient (Wildman–Crippen LogP) is 2.16. The number of aryl methyl sites for hydroxylation is 1. The van der Waals surface area contributed by atoms with Gasteiger partial charge >= 0.3 is 0 Å². The number of nitrogens with zero attached hydrogens (tertiary/aromatic N) is 3. The molecule has 1 atom stereocenters. The Hall–Kier alpha value is -1.88. The van der Waals surface area contributed by atoms with Gasteiger partial charge in [0.1, 0.15) is 0 Å². The van der Waals surface area contributed by atoms with E-state index < -0.39 is 0 Å². The van der Waals surface area contributed by atoms with Crippen LogP contribution in [0.4, 0.5) is 0 Å². The summed E-state index contributed by atoms with van der Waals surface area (Å²) >= 11 is 0. The highest BCUT2D eigenvalue weighted by Crippen LogP contribution is 2.12. The molecule has 0 amide bonds. The van der Waals surface area contributed by atoms with Crippen molar-refractivity contribution in [2.45, 2.75) is 33.0 Å². The smallest absolute Gasteiger partial charge is 0.212 e. The van der Waals surface area contributed by atoms with Crippen LogP contribution in [-0.4, -0.2) is 21.9 Å². The van der Waals surface area contributed by atoms with Crippen LogP contribution in [0.15, 0.2) is 30.7 Å². The van der Waals surface area contributed by atoms with Crippen LogP contribution < -0.4 is 10.1 Å². The molecule has 2 heterocycles. The zero-order valence-electron chi connectivity index (χ0n) is 11.6. The lowest BCUT2D eigenvalue weighted by atomic mass is 10.2. The molecule has 0 aliphatic heterocycles. The molecule has 0 aromatic carbocycles. The highest BCUT2D eigenvalue weighted by molar-refractivity contribution is 5.18. The van der Waals surface area contributed by atoms with Gasteiger partial charge in [-0.15, -0.1) is 0 Å². The first-order valence-corrected chi connectivity index (χ1v) is 6.47. The lowest BCUT2D eigenvalue weighted by molar-refractivity contribution is 0.397. The number of pyridine rings is 1. The molecular weight excluding hydrogens is 240 g/mol. The Bertz CT molecular complexity index is 506. The molecule has 2 aromatic rings. The molecule has 0 spiro atoms. The fourth-order valence-electron chi connectivity index (χ4n) is 1.80. The molecule has 102 valence electrons. The topological polar surface area (TPSA) is 52.0 Å². The van der Waals surface area contributed by atoms with Gasteiger partial charge in [-0.3, -0.25) is 4.68 Å². The van der Waals surface area contributed by atoms with E-state index >= 15 is 0 Å². The summed E-state index contributed by atoms with van der Waals surface area (Å²) < 4.78 is 6.97. The highest BCUT2D eigenvalue weighted by Gasteiger charge is 2.07. The summed E-state index contributed by atoms with van der Waals surface area (Å²) in [6.07, 6.45) is 5.81. The first kappa shape index (κ1) is 13.5. The Morgan fingerprint density at radius 2 is 2.21 bits per heavy atom. The van der Waals surface area contributed by atoms with Crippen molar-refractivity contribution in [3.8, 4) is 5.88 Å². The molecule has 5 heteroatoms. The van der Waals surface area contributed by atoms with Crippen LogP contribution in [0.3, 0.4) is 0 Å². The minimum atomic E-state index is 0.266. The van der Waals surface area contributed by atoms with Crippen molar-refractivity contribution < 1.29 is 4.74 Å². The average molecular weight is 260 g/mol. The van der Waals surface area contributed by atoms with Gasteiger partial charge in [-0.1, -0.05) is 6.07 Å². The summed E-state index contributed by atoms with van der Waals surface area (Å²) in [5.74, 6) is 0.640. The molecule has 0 saturated carbocycles. The molecule has 2 rings (SSSR count). The van der Waals surface area contributed by atoms with Crippen LogP contribution in [0.2, 0.25) is 0 Å². The molecule has 19 heavy (non-hydrogen) atoms. The van der Waals surface area contributed by atoms with Crippen LogP contribution >= 0.6 is 0 Å². The summed E-state index contributed by atoms with van der Waals surface area (Å²) in [5, 5.41) is 7.74. The van der Waals surface area contributed by atoms with Gasteiger partial charge in [0.2, 0.25) is 5.88 Å². The first-order chi connectivity index (χ1) is 9.22. The van der Waals surface area contributed by atoms with Gasteiger partial charge in [-0.05, 0) is 19.4 Å². The molecular formula is C14H20N4O. The van der Waals surface area contributed by atoms with Crippen molar-refractivity contribution in [1.29, 1.82) is 0 Å². The minimum Gasteiger partial charge on any atom is -0.481 e. The zero-order valence-corrected chi connectivity index (χ0v) is 11.6. The van der Waals surface area contributed by atoms with E-state index in [0.717, 1.165) is 18.7 Å². The van der Waals surface area contributed by atoms with E-state index in [9.17, 15) is 0 Å². The number of methoxy groups -OCH3 is 1. The maximum absolute atomic E-state index is 5.04. The van der Waals surface area contributed by atoms with E-state index in [1.807, 2.05) is 29.2 Å². The quantitative estimate of drug-likeness (QED) is 0.864. The SMILES string of the molecule is CCn1cc(C(C)NCc2ccc(OC)nc2)cn1. The number of hydrogen-bond donors (Lipinski definition) is 1. The molecule has 1 unspecified atom stereocenters. The van der Waals surface area contributed by atoms with Gasteiger partial charge in [-0.2, -0.15) is 5.10 Å². The van der Waals surface area contributed by atoms with Crippen LogP contribution in [-0.2, 0) is 13.1 Å². The Kier molecular flexibility index (Phi) is 4.52.